The Morgan fingerprint density at radius 3 is 2.37 bits per heavy atom. The zero-order valence-electron chi connectivity index (χ0n) is 12.5. The van der Waals surface area contributed by atoms with E-state index in [1.54, 1.807) is 0 Å². The average molecular weight is 268 g/mol. The second kappa shape index (κ2) is 5.80. The molecule has 1 atom stereocenters. The maximum atomic E-state index is 11.9. The number of hydrogen-bond acceptors (Lipinski definition) is 3. The van der Waals surface area contributed by atoms with Crippen LogP contribution in [0.15, 0.2) is 0 Å². The van der Waals surface area contributed by atoms with Crippen molar-refractivity contribution in [2.45, 2.75) is 70.5 Å². The summed E-state index contributed by atoms with van der Waals surface area (Å²) in [4.78, 5) is 14.3. The van der Waals surface area contributed by atoms with Gasteiger partial charge in [0, 0.05) is 18.6 Å². The van der Waals surface area contributed by atoms with Crippen molar-refractivity contribution < 1.29 is 9.90 Å². The molecule has 19 heavy (non-hydrogen) atoms. The van der Waals surface area contributed by atoms with E-state index in [0.29, 0.717) is 18.5 Å². The first-order valence-electron chi connectivity index (χ1n) is 7.74. The van der Waals surface area contributed by atoms with Crippen molar-refractivity contribution in [1.82, 2.24) is 10.2 Å². The molecule has 0 radical (unpaired) electrons. The van der Waals surface area contributed by atoms with Gasteiger partial charge in [-0.25, -0.2) is 0 Å². The van der Waals surface area contributed by atoms with E-state index in [4.69, 9.17) is 0 Å². The molecule has 0 aromatic heterocycles. The molecule has 0 aromatic rings. The smallest absolute Gasteiger partial charge is 0.325 e. The first-order chi connectivity index (χ1) is 8.99. The van der Waals surface area contributed by atoms with Crippen molar-refractivity contribution in [3.05, 3.63) is 0 Å². The number of carboxylic acids is 1. The lowest BCUT2D eigenvalue weighted by molar-refractivity contribution is -0.147. The minimum Gasteiger partial charge on any atom is -0.480 e. The van der Waals surface area contributed by atoms with Gasteiger partial charge in [0.25, 0.3) is 0 Å². The Labute approximate surface area is 116 Å². The molecule has 0 aromatic carbocycles. The third kappa shape index (κ3) is 3.48. The molecule has 2 rings (SSSR count). The van der Waals surface area contributed by atoms with Crippen LogP contribution in [0.25, 0.3) is 0 Å². The first-order valence-corrected chi connectivity index (χ1v) is 7.74. The lowest BCUT2D eigenvalue weighted by Crippen LogP contribution is -2.62. The highest BCUT2D eigenvalue weighted by Crippen LogP contribution is 2.42. The van der Waals surface area contributed by atoms with E-state index in [-0.39, 0.29) is 6.04 Å². The highest BCUT2D eigenvalue weighted by Gasteiger charge is 2.53. The van der Waals surface area contributed by atoms with Crippen LogP contribution in [0.1, 0.15) is 52.9 Å². The minimum absolute atomic E-state index is 0.208. The topological polar surface area (TPSA) is 52.6 Å². The summed E-state index contributed by atoms with van der Waals surface area (Å²) in [6.07, 6.45) is 5.68. The van der Waals surface area contributed by atoms with E-state index in [1.807, 2.05) is 13.8 Å². The maximum absolute atomic E-state index is 11.9. The van der Waals surface area contributed by atoms with Gasteiger partial charge in [-0.1, -0.05) is 6.92 Å². The Hall–Kier alpha value is -0.610. The van der Waals surface area contributed by atoms with Crippen molar-refractivity contribution in [3.63, 3.8) is 0 Å². The van der Waals surface area contributed by atoms with Crippen molar-refractivity contribution in [1.29, 1.82) is 0 Å². The van der Waals surface area contributed by atoms with E-state index in [1.165, 1.54) is 12.8 Å². The number of carbonyl (C=O) groups is 1. The van der Waals surface area contributed by atoms with Gasteiger partial charge in [0.1, 0.15) is 5.54 Å². The predicted molar refractivity (Wildman–Crippen MR) is 76.2 cm³/mol. The second-order valence-corrected chi connectivity index (χ2v) is 6.55. The average Bonchev–Trinajstić information content (AvgIpc) is 3.16. The van der Waals surface area contributed by atoms with Crippen LogP contribution in [-0.4, -0.2) is 46.7 Å². The van der Waals surface area contributed by atoms with Crippen molar-refractivity contribution in [2.24, 2.45) is 5.92 Å². The zero-order chi connectivity index (χ0) is 14.0. The Morgan fingerprint density at radius 1 is 1.37 bits per heavy atom. The third-order valence-electron chi connectivity index (χ3n) is 4.23. The van der Waals surface area contributed by atoms with Crippen LogP contribution < -0.4 is 5.32 Å². The third-order valence-corrected chi connectivity index (χ3v) is 4.23. The van der Waals surface area contributed by atoms with Gasteiger partial charge in [0.05, 0.1) is 0 Å². The summed E-state index contributed by atoms with van der Waals surface area (Å²) < 4.78 is 0. The van der Waals surface area contributed by atoms with Gasteiger partial charge in [-0.15, -0.1) is 0 Å². The highest BCUT2D eigenvalue weighted by atomic mass is 16.4. The molecule has 2 aliphatic carbocycles. The summed E-state index contributed by atoms with van der Waals surface area (Å²) in [5, 5.41) is 13.2. The van der Waals surface area contributed by atoms with Crippen LogP contribution >= 0.6 is 0 Å². The Morgan fingerprint density at radius 2 is 2.00 bits per heavy atom. The molecule has 110 valence electrons. The number of nitrogens with zero attached hydrogens (tertiary/aromatic N) is 1. The second-order valence-electron chi connectivity index (χ2n) is 6.55. The van der Waals surface area contributed by atoms with E-state index in [9.17, 15) is 9.90 Å². The quantitative estimate of drug-likeness (QED) is 0.672. The fourth-order valence-electron chi connectivity index (χ4n) is 3.13. The van der Waals surface area contributed by atoms with Crippen LogP contribution in [0.4, 0.5) is 0 Å². The van der Waals surface area contributed by atoms with Gasteiger partial charge in [-0.2, -0.15) is 0 Å². The lowest BCUT2D eigenvalue weighted by atomic mass is 9.91. The van der Waals surface area contributed by atoms with Gasteiger partial charge in [-0.3, -0.25) is 15.0 Å². The fourth-order valence-corrected chi connectivity index (χ4v) is 3.13. The fraction of sp³-hybridized carbons (Fsp3) is 0.933. The van der Waals surface area contributed by atoms with Gasteiger partial charge < -0.3 is 5.11 Å². The number of nitrogens with one attached hydrogen (secondary N) is 1. The maximum Gasteiger partial charge on any atom is 0.325 e. The monoisotopic (exact) mass is 268 g/mol. The van der Waals surface area contributed by atoms with E-state index < -0.39 is 11.5 Å². The number of carboxylic acid groups (broad SMARTS) is 1. The Bertz CT molecular complexity index is 324. The summed E-state index contributed by atoms with van der Waals surface area (Å²) in [5.41, 5.74) is -0.730. The standard InChI is InChI=1S/C15H28N2O2/c1-4-9-17(13-7-8-13)10-15(14(18)19,12-5-6-12)16-11(2)3/h11-13,16H,4-10H2,1-3H3,(H,18,19). The summed E-state index contributed by atoms with van der Waals surface area (Å²) in [6.45, 7) is 7.95. The lowest BCUT2D eigenvalue weighted by Gasteiger charge is -2.38. The van der Waals surface area contributed by atoms with Gasteiger partial charge in [0.2, 0.25) is 0 Å². The van der Waals surface area contributed by atoms with Crippen LogP contribution in [-0.2, 0) is 4.79 Å². The van der Waals surface area contributed by atoms with Crippen LogP contribution in [0.3, 0.4) is 0 Å². The van der Waals surface area contributed by atoms with Crippen molar-refractivity contribution in [2.75, 3.05) is 13.1 Å². The molecule has 2 saturated carbocycles. The molecule has 2 aliphatic rings. The van der Waals surface area contributed by atoms with Crippen LogP contribution in [0, 0.1) is 5.92 Å². The largest absolute Gasteiger partial charge is 0.480 e. The van der Waals surface area contributed by atoms with E-state index in [0.717, 1.165) is 25.8 Å². The van der Waals surface area contributed by atoms with Gasteiger partial charge in [-0.05, 0) is 58.4 Å². The molecular weight excluding hydrogens is 240 g/mol. The molecule has 2 fully saturated rings. The molecular formula is C15H28N2O2. The van der Waals surface area contributed by atoms with Crippen molar-refractivity contribution in [3.8, 4) is 0 Å². The summed E-state index contributed by atoms with van der Waals surface area (Å²) in [6, 6.07) is 0.839. The Kier molecular flexibility index (Phi) is 4.51. The highest BCUT2D eigenvalue weighted by molar-refractivity contribution is 5.80. The van der Waals surface area contributed by atoms with Crippen LogP contribution in [0.5, 0.6) is 0 Å². The van der Waals surface area contributed by atoms with Gasteiger partial charge in [0.15, 0.2) is 0 Å². The Balaban J connectivity index is 2.12. The molecule has 0 bridgehead atoms. The van der Waals surface area contributed by atoms with E-state index >= 15 is 0 Å². The summed E-state index contributed by atoms with van der Waals surface area (Å²) in [7, 11) is 0. The predicted octanol–water partition coefficient (Wildman–Crippen LogP) is 2.09. The molecule has 1 unspecified atom stereocenters. The van der Waals surface area contributed by atoms with Crippen LogP contribution in [0.2, 0.25) is 0 Å². The van der Waals surface area contributed by atoms with Gasteiger partial charge >= 0.3 is 5.97 Å². The first kappa shape index (κ1) is 14.8. The zero-order valence-corrected chi connectivity index (χ0v) is 12.5. The normalized spacial score (nSPS) is 22.8. The molecule has 0 spiro atoms. The molecule has 2 N–H and O–H groups in total. The molecule has 0 aliphatic heterocycles. The van der Waals surface area contributed by atoms with E-state index in [2.05, 4.69) is 17.1 Å². The summed E-state index contributed by atoms with van der Waals surface area (Å²) in [5.74, 6) is -0.351. The number of rotatable bonds is 9. The number of aliphatic carboxylic acids is 1. The molecule has 4 nitrogen and oxygen atoms in total. The molecule has 4 heteroatoms. The SMILES string of the molecule is CCCN(CC(NC(C)C)(C(=O)O)C1CC1)C1CC1. The minimum atomic E-state index is -0.730. The number of hydrogen-bond donors (Lipinski definition) is 2. The molecule has 0 heterocycles. The van der Waals surface area contributed by atoms with Crippen molar-refractivity contribution >= 4 is 5.97 Å². The molecule has 0 amide bonds. The summed E-state index contributed by atoms with van der Waals surface area (Å²) >= 11 is 0. The molecule has 0 saturated heterocycles.